The molecule has 0 spiro atoms. The van der Waals surface area contributed by atoms with Crippen molar-refractivity contribution in [1.29, 1.82) is 0 Å². The van der Waals surface area contributed by atoms with Crippen LogP contribution in [0.2, 0.25) is 0 Å². The standard InChI is InChI=1S/C8H17NO.2C2H6/c1-7-3-4-9(2)8(5-7)6-10;2*1-2/h7-8,10H,3-6H2,1-2H3;2*1-2H3. The van der Waals surface area contributed by atoms with E-state index in [1.807, 2.05) is 27.7 Å². The Morgan fingerprint density at radius 1 is 1.21 bits per heavy atom. The van der Waals surface area contributed by atoms with E-state index in [-0.39, 0.29) is 0 Å². The van der Waals surface area contributed by atoms with Crippen molar-refractivity contribution in [2.75, 3.05) is 20.2 Å². The van der Waals surface area contributed by atoms with Gasteiger partial charge < -0.3 is 10.0 Å². The molecular weight excluding hydrogens is 174 g/mol. The second-order valence-electron chi connectivity index (χ2n) is 3.45. The second kappa shape index (κ2) is 11.0. The topological polar surface area (TPSA) is 23.5 Å². The number of likely N-dealkylation sites (tertiary alicyclic amines) is 1. The maximum atomic E-state index is 8.94. The van der Waals surface area contributed by atoms with Gasteiger partial charge in [-0.15, -0.1) is 0 Å². The highest BCUT2D eigenvalue weighted by Crippen LogP contribution is 2.20. The number of piperidine rings is 1. The lowest BCUT2D eigenvalue weighted by Gasteiger charge is -2.34. The van der Waals surface area contributed by atoms with Gasteiger partial charge >= 0.3 is 0 Å². The van der Waals surface area contributed by atoms with Gasteiger partial charge in [-0.25, -0.2) is 0 Å². The molecule has 0 amide bonds. The van der Waals surface area contributed by atoms with Gasteiger partial charge in [-0.05, 0) is 32.4 Å². The summed E-state index contributed by atoms with van der Waals surface area (Å²) in [5, 5.41) is 8.94. The van der Waals surface area contributed by atoms with E-state index in [0.717, 1.165) is 18.9 Å². The molecule has 0 saturated carbocycles. The molecule has 0 aromatic rings. The maximum absolute atomic E-state index is 8.94. The molecule has 2 unspecified atom stereocenters. The van der Waals surface area contributed by atoms with Crippen LogP contribution in [0.15, 0.2) is 0 Å². The van der Waals surface area contributed by atoms with Crippen molar-refractivity contribution in [3.8, 4) is 0 Å². The lowest BCUT2D eigenvalue weighted by Crippen LogP contribution is -2.41. The number of nitrogens with zero attached hydrogens (tertiary/aromatic N) is 1. The van der Waals surface area contributed by atoms with Crippen LogP contribution in [0, 0.1) is 5.92 Å². The van der Waals surface area contributed by atoms with Crippen LogP contribution < -0.4 is 0 Å². The van der Waals surface area contributed by atoms with Gasteiger partial charge in [0.05, 0.1) is 6.61 Å². The summed E-state index contributed by atoms with van der Waals surface area (Å²) in [5.41, 5.74) is 0. The first-order valence-electron chi connectivity index (χ1n) is 6.05. The van der Waals surface area contributed by atoms with E-state index in [0.29, 0.717) is 12.6 Å². The van der Waals surface area contributed by atoms with Crippen LogP contribution in [0.1, 0.15) is 47.5 Å². The zero-order valence-electron chi connectivity index (χ0n) is 10.9. The average molecular weight is 203 g/mol. The fraction of sp³-hybridized carbons (Fsp3) is 1.00. The summed E-state index contributed by atoms with van der Waals surface area (Å²) in [6.45, 7) is 11.7. The summed E-state index contributed by atoms with van der Waals surface area (Å²) in [5.74, 6) is 0.799. The van der Waals surface area contributed by atoms with Crippen LogP contribution >= 0.6 is 0 Å². The minimum Gasteiger partial charge on any atom is -0.395 e. The molecule has 2 heteroatoms. The van der Waals surface area contributed by atoms with E-state index in [4.69, 9.17) is 5.11 Å². The molecule has 0 aliphatic carbocycles. The quantitative estimate of drug-likeness (QED) is 0.708. The number of hydrogen-bond donors (Lipinski definition) is 1. The highest BCUT2D eigenvalue weighted by Gasteiger charge is 2.21. The van der Waals surface area contributed by atoms with Gasteiger partial charge in [0.15, 0.2) is 0 Å². The third kappa shape index (κ3) is 6.39. The first-order valence-corrected chi connectivity index (χ1v) is 6.05. The van der Waals surface area contributed by atoms with Crippen molar-refractivity contribution in [2.24, 2.45) is 5.92 Å². The Balaban J connectivity index is 0. The fourth-order valence-electron chi connectivity index (χ4n) is 1.58. The smallest absolute Gasteiger partial charge is 0.0586 e. The summed E-state index contributed by atoms with van der Waals surface area (Å²) in [6, 6.07) is 0.420. The summed E-state index contributed by atoms with van der Waals surface area (Å²) in [4.78, 5) is 2.25. The minimum atomic E-state index is 0.320. The minimum absolute atomic E-state index is 0.320. The number of hydrogen-bond acceptors (Lipinski definition) is 2. The van der Waals surface area contributed by atoms with Crippen molar-refractivity contribution >= 4 is 0 Å². The molecule has 1 heterocycles. The van der Waals surface area contributed by atoms with E-state index in [9.17, 15) is 0 Å². The van der Waals surface area contributed by atoms with Crippen LogP contribution in [0.5, 0.6) is 0 Å². The monoisotopic (exact) mass is 203 g/mol. The largest absolute Gasteiger partial charge is 0.395 e. The summed E-state index contributed by atoms with van der Waals surface area (Å²) in [6.07, 6.45) is 2.44. The molecular formula is C12H29NO. The normalized spacial score (nSPS) is 26.8. The highest BCUT2D eigenvalue weighted by atomic mass is 16.3. The van der Waals surface area contributed by atoms with Gasteiger partial charge in [0, 0.05) is 6.04 Å². The van der Waals surface area contributed by atoms with Crippen LogP contribution in [0.3, 0.4) is 0 Å². The second-order valence-corrected chi connectivity index (χ2v) is 3.45. The van der Waals surface area contributed by atoms with Gasteiger partial charge in [-0.3, -0.25) is 0 Å². The SMILES string of the molecule is CC.CC.CC1CCN(C)C(CO)C1. The van der Waals surface area contributed by atoms with Gasteiger partial charge in [-0.2, -0.15) is 0 Å². The predicted octanol–water partition coefficient (Wildman–Crippen LogP) is 2.76. The Bertz CT molecular complexity index is 106. The van der Waals surface area contributed by atoms with E-state index >= 15 is 0 Å². The Morgan fingerprint density at radius 3 is 2.07 bits per heavy atom. The summed E-state index contributed by atoms with van der Waals surface area (Å²) < 4.78 is 0. The van der Waals surface area contributed by atoms with Gasteiger partial charge in [0.25, 0.3) is 0 Å². The number of likely N-dealkylation sites (N-methyl/N-ethyl adjacent to an activating group) is 1. The highest BCUT2D eigenvalue weighted by molar-refractivity contribution is 4.76. The van der Waals surface area contributed by atoms with Crippen LogP contribution in [-0.2, 0) is 0 Å². The van der Waals surface area contributed by atoms with Gasteiger partial charge in [0.2, 0.25) is 0 Å². The van der Waals surface area contributed by atoms with Crippen LogP contribution in [0.4, 0.5) is 0 Å². The molecule has 14 heavy (non-hydrogen) atoms. The van der Waals surface area contributed by atoms with E-state index in [1.165, 1.54) is 6.42 Å². The third-order valence-corrected chi connectivity index (χ3v) is 2.48. The molecule has 2 nitrogen and oxygen atoms in total. The van der Waals surface area contributed by atoms with Crippen molar-refractivity contribution in [3.63, 3.8) is 0 Å². The van der Waals surface area contributed by atoms with Crippen molar-refractivity contribution < 1.29 is 5.11 Å². The Kier molecular flexibility index (Phi) is 12.8. The molecule has 1 N–H and O–H groups in total. The molecule has 0 radical (unpaired) electrons. The average Bonchev–Trinajstić information content (AvgIpc) is 2.27. The Labute approximate surface area is 90.3 Å². The van der Waals surface area contributed by atoms with E-state index < -0.39 is 0 Å². The molecule has 1 rings (SSSR count). The maximum Gasteiger partial charge on any atom is 0.0586 e. The first kappa shape index (κ1) is 16.4. The molecule has 0 aromatic carbocycles. The lowest BCUT2D eigenvalue weighted by atomic mass is 9.93. The predicted molar refractivity (Wildman–Crippen MR) is 64.6 cm³/mol. The van der Waals surface area contributed by atoms with Crippen molar-refractivity contribution in [2.45, 2.75) is 53.5 Å². The summed E-state index contributed by atoms with van der Waals surface area (Å²) >= 11 is 0. The summed E-state index contributed by atoms with van der Waals surface area (Å²) in [7, 11) is 2.09. The van der Waals surface area contributed by atoms with E-state index in [1.54, 1.807) is 0 Å². The van der Waals surface area contributed by atoms with Gasteiger partial charge in [-0.1, -0.05) is 34.6 Å². The molecule has 1 aliphatic heterocycles. The van der Waals surface area contributed by atoms with E-state index in [2.05, 4.69) is 18.9 Å². The van der Waals surface area contributed by atoms with Gasteiger partial charge in [0.1, 0.15) is 0 Å². The zero-order chi connectivity index (χ0) is 11.6. The van der Waals surface area contributed by atoms with Crippen LogP contribution in [0.25, 0.3) is 0 Å². The Hall–Kier alpha value is -0.0800. The fourth-order valence-corrected chi connectivity index (χ4v) is 1.58. The molecule has 88 valence electrons. The third-order valence-electron chi connectivity index (χ3n) is 2.48. The number of aliphatic hydroxyl groups is 1. The molecule has 1 fully saturated rings. The number of aliphatic hydroxyl groups excluding tert-OH is 1. The number of rotatable bonds is 1. The van der Waals surface area contributed by atoms with Crippen LogP contribution in [-0.4, -0.2) is 36.2 Å². The molecule has 1 aliphatic rings. The zero-order valence-corrected chi connectivity index (χ0v) is 10.9. The Morgan fingerprint density at radius 2 is 1.71 bits per heavy atom. The molecule has 2 atom stereocenters. The first-order chi connectivity index (χ1) is 6.74. The molecule has 0 aromatic heterocycles. The van der Waals surface area contributed by atoms with Crippen molar-refractivity contribution in [1.82, 2.24) is 4.90 Å². The molecule has 0 bridgehead atoms. The van der Waals surface area contributed by atoms with Crippen molar-refractivity contribution in [3.05, 3.63) is 0 Å². The molecule has 1 saturated heterocycles. The lowest BCUT2D eigenvalue weighted by molar-refractivity contribution is 0.0911.